The van der Waals surface area contributed by atoms with Gasteiger partial charge in [0.25, 0.3) is 5.91 Å². The molecule has 0 radical (unpaired) electrons. The summed E-state index contributed by atoms with van der Waals surface area (Å²) in [6, 6.07) is 5.13. The van der Waals surface area contributed by atoms with Gasteiger partial charge in [0.2, 0.25) is 11.8 Å². The molecule has 0 atom stereocenters. The van der Waals surface area contributed by atoms with Gasteiger partial charge in [0.05, 0.1) is 25.9 Å². The first-order valence-electron chi connectivity index (χ1n) is 8.33. The number of hydrogen-bond donors (Lipinski definition) is 1. The molecule has 1 aliphatic rings. The van der Waals surface area contributed by atoms with Crippen LogP contribution >= 0.6 is 11.6 Å². The van der Waals surface area contributed by atoms with Gasteiger partial charge < -0.3 is 19.5 Å². The normalized spacial score (nSPS) is 14.7. The van der Waals surface area contributed by atoms with Crippen molar-refractivity contribution in [2.24, 2.45) is 0 Å². The maximum Gasteiger partial charge on any atom is 0.253 e. The SMILES string of the molecule is COc1ccc(CNC(=O)c2cnc(OC3CCOCC3)c(Cl)c2)cn1. The van der Waals surface area contributed by atoms with Gasteiger partial charge in [-0.1, -0.05) is 17.7 Å². The van der Waals surface area contributed by atoms with Gasteiger partial charge in [-0.25, -0.2) is 9.97 Å². The second-order valence-electron chi connectivity index (χ2n) is 5.83. The van der Waals surface area contributed by atoms with Crippen LogP contribution in [-0.2, 0) is 11.3 Å². The van der Waals surface area contributed by atoms with E-state index < -0.39 is 0 Å². The van der Waals surface area contributed by atoms with Gasteiger partial charge in [-0.15, -0.1) is 0 Å². The summed E-state index contributed by atoms with van der Waals surface area (Å²) in [4.78, 5) is 20.6. The predicted molar refractivity (Wildman–Crippen MR) is 95.7 cm³/mol. The summed E-state index contributed by atoms with van der Waals surface area (Å²) in [5.41, 5.74) is 1.23. The number of nitrogens with one attached hydrogen (secondary N) is 1. The predicted octanol–water partition coefficient (Wildman–Crippen LogP) is 2.63. The molecule has 3 heterocycles. The fourth-order valence-corrected chi connectivity index (χ4v) is 2.72. The third-order valence-electron chi connectivity index (χ3n) is 3.98. The molecule has 0 bridgehead atoms. The molecule has 0 aliphatic carbocycles. The molecule has 3 rings (SSSR count). The Morgan fingerprint density at radius 2 is 2.12 bits per heavy atom. The summed E-state index contributed by atoms with van der Waals surface area (Å²) in [6.07, 6.45) is 4.75. The van der Waals surface area contributed by atoms with E-state index in [1.54, 1.807) is 25.4 Å². The lowest BCUT2D eigenvalue weighted by atomic mass is 10.1. The maximum absolute atomic E-state index is 12.3. The maximum atomic E-state index is 12.3. The summed E-state index contributed by atoms with van der Waals surface area (Å²) in [5, 5.41) is 3.12. The fraction of sp³-hybridized carbons (Fsp3) is 0.389. The second-order valence-corrected chi connectivity index (χ2v) is 6.24. The molecule has 2 aromatic rings. The average Bonchev–Trinajstić information content (AvgIpc) is 2.69. The van der Waals surface area contributed by atoms with E-state index in [1.165, 1.54) is 6.20 Å². The highest BCUT2D eigenvalue weighted by molar-refractivity contribution is 6.32. The molecular weight excluding hydrogens is 358 g/mol. The highest BCUT2D eigenvalue weighted by Gasteiger charge is 2.18. The first-order chi connectivity index (χ1) is 12.7. The van der Waals surface area contributed by atoms with Crippen molar-refractivity contribution in [1.29, 1.82) is 0 Å². The molecule has 138 valence electrons. The monoisotopic (exact) mass is 377 g/mol. The topological polar surface area (TPSA) is 82.6 Å². The molecule has 0 saturated carbocycles. The zero-order chi connectivity index (χ0) is 18.4. The number of hydrogen-bond acceptors (Lipinski definition) is 6. The Balaban J connectivity index is 1.57. The van der Waals surface area contributed by atoms with Crippen molar-refractivity contribution in [2.45, 2.75) is 25.5 Å². The lowest BCUT2D eigenvalue weighted by Crippen LogP contribution is -2.26. The van der Waals surface area contributed by atoms with Crippen molar-refractivity contribution in [3.8, 4) is 11.8 Å². The zero-order valence-electron chi connectivity index (χ0n) is 14.4. The number of amides is 1. The highest BCUT2D eigenvalue weighted by atomic mass is 35.5. The number of carbonyl (C=O) groups excluding carboxylic acids is 1. The average molecular weight is 378 g/mol. The fourth-order valence-electron chi connectivity index (χ4n) is 2.51. The summed E-state index contributed by atoms with van der Waals surface area (Å²) in [7, 11) is 1.55. The van der Waals surface area contributed by atoms with Crippen molar-refractivity contribution < 1.29 is 19.0 Å². The Hall–Kier alpha value is -2.38. The Bertz CT molecular complexity index is 749. The second kappa shape index (κ2) is 8.82. The van der Waals surface area contributed by atoms with E-state index in [-0.39, 0.29) is 12.0 Å². The first kappa shape index (κ1) is 18.4. The summed E-state index contributed by atoms with van der Waals surface area (Å²) in [6.45, 7) is 1.68. The van der Waals surface area contributed by atoms with Gasteiger partial charge in [0, 0.05) is 37.8 Å². The van der Waals surface area contributed by atoms with Crippen LogP contribution in [0.3, 0.4) is 0 Å². The van der Waals surface area contributed by atoms with E-state index in [2.05, 4.69) is 15.3 Å². The number of rotatable bonds is 6. The minimum atomic E-state index is -0.271. The molecule has 1 saturated heterocycles. The molecule has 26 heavy (non-hydrogen) atoms. The van der Waals surface area contributed by atoms with Gasteiger partial charge in [0.15, 0.2) is 0 Å². The number of methoxy groups -OCH3 is 1. The standard InChI is InChI=1S/C18H20ClN3O4/c1-24-16-3-2-12(9-20-16)10-21-17(23)13-8-15(19)18(22-11-13)26-14-4-6-25-7-5-14/h2-3,8-9,11,14H,4-7,10H2,1H3,(H,21,23). The van der Waals surface area contributed by atoms with Crippen LogP contribution in [0.1, 0.15) is 28.8 Å². The largest absolute Gasteiger partial charge is 0.481 e. The van der Waals surface area contributed by atoms with Crippen molar-refractivity contribution in [3.63, 3.8) is 0 Å². The molecule has 2 aromatic heterocycles. The van der Waals surface area contributed by atoms with Crippen LogP contribution in [0.25, 0.3) is 0 Å². The van der Waals surface area contributed by atoms with Gasteiger partial charge in [-0.3, -0.25) is 4.79 Å². The van der Waals surface area contributed by atoms with Gasteiger partial charge in [-0.2, -0.15) is 0 Å². The third kappa shape index (κ3) is 4.83. The summed E-state index contributed by atoms with van der Waals surface area (Å²) >= 11 is 6.22. The summed E-state index contributed by atoms with van der Waals surface area (Å²) in [5.74, 6) is 0.596. The third-order valence-corrected chi connectivity index (χ3v) is 4.25. The van der Waals surface area contributed by atoms with E-state index in [0.29, 0.717) is 42.1 Å². The van der Waals surface area contributed by atoms with Gasteiger partial charge in [-0.05, 0) is 11.6 Å². The highest BCUT2D eigenvalue weighted by Crippen LogP contribution is 2.25. The van der Waals surface area contributed by atoms with Crippen LogP contribution in [0.2, 0.25) is 5.02 Å². The van der Waals surface area contributed by atoms with E-state index >= 15 is 0 Å². The number of aromatic nitrogens is 2. The molecule has 1 aliphatic heterocycles. The Kier molecular flexibility index (Phi) is 6.25. The summed E-state index contributed by atoms with van der Waals surface area (Å²) < 4.78 is 16.1. The van der Waals surface area contributed by atoms with Gasteiger partial charge in [0.1, 0.15) is 11.1 Å². The quantitative estimate of drug-likeness (QED) is 0.833. The molecule has 1 fully saturated rings. The van der Waals surface area contributed by atoms with Crippen molar-refractivity contribution >= 4 is 17.5 Å². The number of nitrogens with zero attached hydrogens (tertiary/aromatic N) is 2. The molecule has 8 heteroatoms. The van der Waals surface area contributed by atoms with Crippen LogP contribution < -0.4 is 14.8 Å². The molecule has 0 aromatic carbocycles. The van der Waals surface area contributed by atoms with E-state index in [0.717, 1.165) is 18.4 Å². The molecule has 0 spiro atoms. The Labute approximate surface area is 156 Å². The minimum Gasteiger partial charge on any atom is -0.481 e. The van der Waals surface area contributed by atoms with Crippen molar-refractivity contribution in [2.75, 3.05) is 20.3 Å². The number of halogens is 1. The number of pyridine rings is 2. The van der Waals surface area contributed by atoms with Crippen LogP contribution in [0.4, 0.5) is 0 Å². The van der Waals surface area contributed by atoms with Crippen LogP contribution in [0, 0.1) is 0 Å². The lowest BCUT2D eigenvalue weighted by molar-refractivity contribution is 0.0238. The lowest BCUT2D eigenvalue weighted by Gasteiger charge is -2.23. The number of ether oxygens (including phenoxy) is 3. The van der Waals surface area contributed by atoms with Crippen LogP contribution in [-0.4, -0.2) is 42.3 Å². The smallest absolute Gasteiger partial charge is 0.253 e. The Morgan fingerprint density at radius 3 is 2.77 bits per heavy atom. The molecule has 7 nitrogen and oxygen atoms in total. The van der Waals surface area contributed by atoms with Crippen LogP contribution in [0.5, 0.6) is 11.8 Å². The molecular formula is C18H20ClN3O4. The molecule has 1 N–H and O–H groups in total. The zero-order valence-corrected chi connectivity index (χ0v) is 15.2. The van der Waals surface area contributed by atoms with Gasteiger partial charge >= 0.3 is 0 Å². The van der Waals surface area contributed by atoms with Crippen molar-refractivity contribution in [1.82, 2.24) is 15.3 Å². The number of carbonyl (C=O) groups is 1. The molecule has 1 amide bonds. The Morgan fingerprint density at radius 1 is 1.31 bits per heavy atom. The van der Waals surface area contributed by atoms with E-state index in [4.69, 9.17) is 25.8 Å². The van der Waals surface area contributed by atoms with Crippen molar-refractivity contribution in [3.05, 3.63) is 46.7 Å². The van der Waals surface area contributed by atoms with E-state index in [1.807, 2.05) is 6.07 Å². The van der Waals surface area contributed by atoms with E-state index in [9.17, 15) is 4.79 Å². The first-order valence-corrected chi connectivity index (χ1v) is 8.70. The minimum absolute atomic E-state index is 0.0380. The molecule has 0 unspecified atom stereocenters. The van der Waals surface area contributed by atoms with Crippen LogP contribution in [0.15, 0.2) is 30.6 Å².